The number of methoxy groups -OCH3 is 2. The first-order valence-electron chi connectivity index (χ1n) is 9.16. The van der Waals surface area contributed by atoms with E-state index in [4.69, 9.17) is 9.47 Å². The number of hydrogen-bond donors (Lipinski definition) is 1. The largest absolute Gasteiger partial charge is 0.481 e. The van der Waals surface area contributed by atoms with Gasteiger partial charge in [0.1, 0.15) is 0 Å². The molecule has 0 radical (unpaired) electrons. The van der Waals surface area contributed by atoms with E-state index in [9.17, 15) is 0 Å². The zero-order valence-electron chi connectivity index (χ0n) is 15.0. The molecule has 2 aromatic rings. The number of ether oxygens (including phenoxy) is 2. The van der Waals surface area contributed by atoms with Gasteiger partial charge in [-0.1, -0.05) is 43.2 Å². The van der Waals surface area contributed by atoms with Gasteiger partial charge in [0, 0.05) is 12.6 Å². The molecular weight excluding hydrogens is 312 g/mol. The Bertz CT molecular complexity index is 726. The van der Waals surface area contributed by atoms with Crippen molar-refractivity contribution in [2.45, 2.75) is 31.6 Å². The van der Waals surface area contributed by atoms with E-state index < -0.39 is 0 Å². The Labute approximate surface area is 149 Å². The third-order valence-electron chi connectivity index (χ3n) is 6.09. The molecule has 2 saturated carbocycles. The van der Waals surface area contributed by atoms with Gasteiger partial charge in [0.05, 0.1) is 19.9 Å². The lowest BCUT2D eigenvalue weighted by Gasteiger charge is -2.12. The lowest BCUT2D eigenvalue weighted by Crippen LogP contribution is -2.10. The van der Waals surface area contributed by atoms with E-state index in [0.717, 1.165) is 12.2 Å². The summed E-state index contributed by atoms with van der Waals surface area (Å²) < 4.78 is 10.6. The molecule has 0 aliphatic heterocycles. The van der Waals surface area contributed by atoms with E-state index in [0.29, 0.717) is 29.0 Å². The van der Waals surface area contributed by atoms with E-state index in [2.05, 4.69) is 40.6 Å². The van der Waals surface area contributed by atoms with Crippen LogP contribution in [0.5, 0.6) is 11.8 Å². The fourth-order valence-electron chi connectivity index (χ4n) is 4.89. The highest BCUT2D eigenvalue weighted by molar-refractivity contribution is 5.54. The fraction of sp³-hybridized carbons (Fsp3) is 0.476. The summed E-state index contributed by atoms with van der Waals surface area (Å²) in [5.41, 5.74) is 2.94. The SMILES string of the molecule is COc1ccc(NCC2[C@@H](c3ccccc3)C23CCCC3)c(OC)n1. The lowest BCUT2D eigenvalue weighted by molar-refractivity contribution is 0.365. The van der Waals surface area contributed by atoms with Crippen molar-refractivity contribution in [3.05, 3.63) is 48.0 Å². The van der Waals surface area contributed by atoms with Crippen LogP contribution in [-0.4, -0.2) is 25.7 Å². The molecule has 1 spiro atoms. The van der Waals surface area contributed by atoms with E-state index >= 15 is 0 Å². The molecule has 132 valence electrons. The quantitative estimate of drug-likeness (QED) is 0.843. The summed E-state index contributed by atoms with van der Waals surface area (Å²) in [5.74, 6) is 2.53. The van der Waals surface area contributed by atoms with Crippen molar-refractivity contribution in [2.24, 2.45) is 11.3 Å². The molecule has 2 aliphatic carbocycles. The number of nitrogens with one attached hydrogen (secondary N) is 1. The number of aromatic nitrogens is 1. The first kappa shape index (κ1) is 16.2. The molecule has 0 bridgehead atoms. The molecule has 1 aromatic heterocycles. The van der Waals surface area contributed by atoms with Crippen molar-refractivity contribution in [3.63, 3.8) is 0 Å². The fourth-order valence-corrected chi connectivity index (χ4v) is 4.89. The van der Waals surface area contributed by atoms with Crippen LogP contribution in [0.25, 0.3) is 0 Å². The van der Waals surface area contributed by atoms with E-state index in [-0.39, 0.29) is 0 Å². The Morgan fingerprint density at radius 3 is 2.48 bits per heavy atom. The highest BCUT2D eigenvalue weighted by Gasteiger charge is 2.64. The maximum atomic E-state index is 5.42. The van der Waals surface area contributed by atoms with Crippen molar-refractivity contribution >= 4 is 5.69 Å². The van der Waals surface area contributed by atoms with Gasteiger partial charge in [0.25, 0.3) is 0 Å². The summed E-state index contributed by atoms with van der Waals surface area (Å²) in [5, 5.41) is 3.59. The average Bonchev–Trinajstić information content (AvgIpc) is 3.00. The molecular formula is C21H26N2O2. The monoisotopic (exact) mass is 338 g/mol. The van der Waals surface area contributed by atoms with Crippen LogP contribution in [0.2, 0.25) is 0 Å². The number of rotatable bonds is 6. The van der Waals surface area contributed by atoms with Gasteiger partial charge in [-0.2, -0.15) is 4.98 Å². The van der Waals surface area contributed by atoms with Gasteiger partial charge in [0.15, 0.2) is 0 Å². The summed E-state index contributed by atoms with van der Waals surface area (Å²) in [6.45, 7) is 0.962. The van der Waals surface area contributed by atoms with Crippen molar-refractivity contribution in [3.8, 4) is 11.8 Å². The molecule has 0 saturated heterocycles. The zero-order chi connectivity index (χ0) is 17.3. The number of hydrogen-bond acceptors (Lipinski definition) is 4. The molecule has 2 atom stereocenters. The van der Waals surface area contributed by atoms with Gasteiger partial charge in [-0.25, -0.2) is 0 Å². The van der Waals surface area contributed by atoms with Crippen LogP contribution < -0.4 is 14.8 Å². The topological polar surface area (TPSA) is 43.4 Å². The lowest BCUT2D eigenvalue weighted by atomic mass is 9.97. The number of benzene rings is 1. The molecule has 2 fully saturated rings. The standard InChI is InChI=1S/C21H26N2O2/c1-24-18-11-10-17(20(23-18)25-2)22-14-16-19(15-8-4-3-5-9-15)21(16)12-6-7-13-21/h3-5,8-11,16,19,22H,6-7,12-14H2,1-2H3/t16?,19-/m1/s1. The minimum Gasteiger partial charge on any atom is -0.481 e. The van der Waals surface area contributed by atoms with Crippen molar-refractivity contribution in [1.29, 1.82) is 0 Å². The van der Waals surface area contributed by atoms with Crippen LogP contribution >= 0.6 is 0 Å². The second-order valence-electron chi connectivity index (χ2n) is 7.23. The third-order valence-corrected chi connectivity index (χ3v) is 6.09. The Balaban J connectivity index is 1.51. The summed E-state index contributed by atoms with van der Waals surface area (Å²) in [6, 6.07) is 14.9. The zero-order valence-corrected chi connectivity index (χ0v) is 15.0. The third kappa shape index (κ3) is 2.84. The number of nitrogens with zero attached hydrogens (tertiary/aromatic N) is 1. The Hall–Kier alpha value is -2.23. The van der Waals surface area contributed by atoms with E-state index in [1.54, 1.807) is 14.2 Å². The maximum Gasteiger partial charge on any atom is 0.240 e. The molecule has 4 heteroatoms. The van der Waals surface area contributed by atoms with E-state index in [1.807, 2.05) is 12.1 Å². The van der Waals surface area contributed by atoms with Crippen LogP contribution in [0.4, 0.5) is 5.69 Å². The predicted octanol–water partition coefficient (Wildman–Crippen LogP) is 4.48. The smallest absolute Gasteiger partial charge is 0.240 e. The highest BCUT2D eigenvalue weighted by Crippen LogP contribution is 2.72. The van der Waals surface area contributed by atoms with Crippen LogP contribution in [0, 0.1) is 11.3 Å². The average molecular weight is 338 g/mol. The molecule has 1 heterocycles. The van der Waals surface area contributed by atoms with Crippen LogP contribution in [0.3, 0.4) is 0 Å². The molecule has 0 amide bonds. The van der Waals surface area contributed by atoms with Crippen molar-refractivity contribution in [2.75, 3.05) is 26.1 Å². The van der Waals surface area contributed by atoms with Gasteiger partial charge in [-0.15, -0.1) is 0 Å². The van der Waals surface area contributed by atoms with Crippen molar-refractivity contribution < 1.29 is 9.47 Å². The molecule has 1 unspecified atom stereocenters. The second-order valence-corrected chi connectivity index (χ2v) is 7.23. The molecule has 1 aromatic carbocycles. The van der Waals surface area contributed by atoms with Gasteiger partial charge < -0.3 is 14.8 Å². The molecule has 25 heavy (non-hydrogen) atoms. The maximum absolute atomic E-state index is 5.42. The van der Waals surface area contributed by atoms with Gasteiger partial charge in [-0.3, -0.25) is 0 Å². The molecule has 4 rings (SSSR count). The molecule has 1 N–H and O–H groups in total. The minimum absolute atomic E-state index is 0.501. The molecule has 2 aliphatic rings. The summed E-state index contributed by atoms with van der Waals surface area (Å²) >= 11 is 0. The minimum atomic E-state index is 0.501. The first-order valence-corrected chi connectivity index (χ1v) is 9.16. The van der Waals surface area contributed by atoms with Crippen LogP contribution in [0.15, 0.2) is 42.5 Å². The highest BCUT2D eigenvalue weighted by atomic mass is 16.5. The Kier molecular flexibility index (Phi) is 4.28. The molecule has 4 nitrogen and oxygen atoms in total. The summed E-state index contributed by atoms with van der Waals surface area (Å²) in [7, 11) is 3.27. The number of pyridine rings is 1. The predicted molar refractivity (Wildman–Crippen MR) is 99.4 cm³/mol. The first-order chi connectivity index (χ1) is 12.3. The van der Waals surface area contributed by atoms with Crippen LogP contribution in [-0.2, 0) is 0 Å². The number of anilines is 1. The Morgan fingerprint density at radius 1 is 1.04 bits per heavy atom. The second kappa shape index (κ2) is 6.58. The van der Waals surface area contributed by atoms with Gasteiger partial charge >= 0.3 is 0 Å². The normalized spacial score (nSPS) is 23.4. The van der Waals surface area contributed by atoms with Gasteiger partial charge in [0.2, 0.25) is 11.8 Å². The van der Waals surface area contributed by atoms with Gasteiger partial charge in [-0.05, 0) is 41.7 Å². The summed E-state index contributed by atoms with van der Waals surface area (Å²) in [6.07, 6.45) is 5.45. The van der Waals surface area contributed by atoms with Crippen LogP contribution in [0.1, 0.15) is 37.2 Å². The summed E-state index contributed by atoms with van der Waals surface area (Å²) in [4.78, 5) is 4.37. The van der Waals surface area contributed by atoms with E-state index in [1.165, 1.54) is 31.2 Å². The van der Waals surface area contributed by atoms with Crippen molar-refractivity contribution in [1.82, 2.24) is 4.98 Å². The Morgan fingerprint density at radius 2 is 1.80 bits per heavy atom.